The van der Waals surface area contributed by atoms with Gasteiger partial charge >= 0.3 is 0 Å². The van der Waals surface area contributed by atoms with E-state index >= 15 is 0 Å². The number of aromatic amines is 1. The first-order chi connectivity index (χ1) is 12.8. The number of carbonyl (C=O) groups excluding carboxylic acids is 1. The summed E-state index contributed by atoms with van der Waals surface area (Å²) in [5.41, 5.74) is 1.83. The molecular weight excluding hydrogens is 364 g/mol. The molecule has 1 aromatic heterocycles. The maximum absolute atomic E-state index is 12.2. The molecule has 1 amide bonds. The van der Waals surface area contributed by atoms with Gasteiger partial charge in [-0.3, -0.25) is 9.89 Å². The number of benzene rings is 2. The number of rotatable bonds is 9. The molecule has 2 N–H and O–H groups in total. The number of carbonyl (C=O) groups is 1. The summed E-state index contributed by atoms with van der Waals surface area (Å²) in [6, 6.07) is 18.0. The van der Waals surface area contributed by atoms with Gasteiger partial charge in [-0.2, -0.15) is 5.10 Å². The molecule has 3 aromatic rings. The van der Waals surface area contributed by atoms with E-state index in [2.05, 4.69) is 32.6 Å². The smallest absolute Gasteiger partial charge is 0.251 e. The molecular formula is C19H20N4OS2. The summed E-state index contributed by atoms with van der Waals surface area (Å²) < 4.78 is 0. The molecule has 0 aliphatic heterocycles. The molecule has 5 nitrogen and oxygen atoms in total. The van der Waals surface area contributed by atoms with Crippen molar-refractivity contribution in [3.8, 4) is 0 Å². The Hall–Kier alpha value is -2.25. The van der Waals surface area contributed by atoms with Crippen molar-refractivity contribution in [2.45, 2.75) is 22.2 Å². The molecule has 3 rings (SSSR count). The lowest BCUT2D eigenvalue weighted by atomic mass is 10.1. The fourth-order valence-electron chi connectivity index (χ4n) is 2.25. The number of amides is 1. The SMILES string of the molecule is O=C(NCCCSc1ccccc1)c1ccc(CSc2ncn[nH]2)cc1. The van der Waals surface area contributed by atoms with Crippen LogP contribution in [-0.2, 0) is 5.75 Å². The predicted molar refractivity (Wildman–Crippen MR) is 107 cm³/mol. The Morgan fingerprint density at radius 2 is 1.85 bits per heavy atom. The molecule has 0 atom stereocenters. The van der Waals surface area contributed by atoms with E-state index in [0.29, 0.717) is 12.1 Å². The lowest BCUT2D eigenvalue weighted by Gasteiger charge is -2.06. The molecule has 0 radical (unpaired) electrons. The molecule has 1 heterocycles. The quantitative estimate of drug-likeness (QED) is 0.431. The lowest BCUT2D eigenvalue weighted by Crippen LogP contribution is -2.24. The van der Waals surface area contributed by atoms with Gasteiger partial charge in [-0.15, -0.1) is 11.8 Å². The summed E-state index contributed by atoms with van der Waals surface area (Å²) in [4.78, 5) is 17.5. The summed E-state index contributed by atoms with van der Waals surface area (Å²) in [5, 5.41) is 10.4. The van der Waals surface area contributed by atoms with Crippen LogP contribution in [0.15, 0.2) is 71.0 Å². The molecule has 0 bridgehead atoms. The first kappa shape index (κ1) is 18.5. The monoisotopic (exact) mass is 384 g/mol. The third-order valence-electron chi connectivity index (χ3n) is 3.60. The zero-order valence-electron chi connectivity index (χ0n) is 14.2. The number of hydrogen-bond donors (Lipinski definition) is 2. The second-order valence-corrected chi connectivity index (χ2v) is 7.68. The van der Waals surface area contributed by atoms with E-state index in [1.165, 1.54) is 11.2 Å². The van der Waals surface area contributed by atoms with Gasteiger partial charge in [0.2, 0.25) is 0 Å². The second-order valence-electron chi connectivity index (χ2n) is 5.55. The Bertz CT molecular complexity index is 792. The van der Waals surface area contributed by atoms with Crippen LogP contribution in [0.4, 0.5) is 0 Å². The fraction of sp³-hybridized carbons (Fsp3) is 0.211. The summed E-state index contributed by atoms with van der Waals surface area (Å²) in [7, 11) is 0. The topological polar surface area (TPSA) is 70.7 Å². The van der Waals surface area contributed by atoms with E-state index in [0.717, 1.165) is 28.6 Å². The number of hydrogen-bond acceptors (Lipinski definition) is 5. The number of H-pyrrole nitrogens is 1. The maximum Gasteiger partial charge on any atom is 0.251 e. The molecule has 0 saturated carbocycles. The molecule has 0 aliphatic rings. The standard InChI is InChI=1S/C19H20N4OS2/c24-18(20-11-4-12-25-17-5-2-1-3-6-17)16-9-7-15(8-10-16)13-26-19-21-14-22-23-19/h1-3,5-10,14H,4,11-13H2,(H,20,24)(H,21,22,23). The average molecular weight is 385 g/mol. The maximum atomic E-state index is 12.2. The summed E-state index contributed by atoms with van der Waals surface area (Å²) >= 11 is 3.39. The molecule has 7 heteroatoms. The lowest BCUT2D eigenvalue weighted by molar-refractivity contribution is 0.0954. The molecule has 0 fully saturated rings. The fourth-order valence-corrected chi connectivity index (χ4v) is 3.86. The molecule has 0 spiro atoms. The van der Waals surface area contributed by atoms with Gasteiger partial charge in [-0.05, 0) is 42.0 Å². The highest BCUT2D eigenvalue weighted by Gasteiger charge is 2.05. The van der Waals surface area contributed by atoms with Gasteiger partial charge in [0, 0.05) is 22.8 Å². The predicted octanol–water partition coefficient (Wildman–Crippen LogP) is 4.01. The minimum Gasteiger partial charge on any atom is -0.352 e. The Morgan fingerprint density at radius 3 is 2.58 bits per heavy atom. The van der Waals surface area contributed by atoms with Gasteiger partial charge in [-0.25, -0.2) is 4.98 Å². The molecule has 0 unspecified atom stereocenters. The van der Waals surface area contributed by atoms with Crippen molar-refractivity contribution in [1.82, 2.24) is 20.5 Å². The Morgan fingerprint density at radius 1 is 1.04 bits per heavy atom. The zero-order chi connectivity index (χ0) is 18.0. The van der Waals surface area contributed by atoms with Crippen molar-refractivity contribution in [2.24, 2.45) is 0 Å². The van der Waals surface area contributed by atoms with Crippen LogP contribution in [-0.4, -0.2) is 33.4 Å². The normalized spacial score (nSPS) is 10.6. The van der Waals surface area contributed by atoms with Gasteiger partial charge in [0.25, 0.3) is 5.91 Å². The van der Waals surface area contributed by atoms with Crippen molar-refractivity contribution in [3.05, 3.63) is 72.1 Å². The Labute approximate surface area is 161 Å². The Kier molecular flexibility index (Phi) is 7.15. The van der Waals surface area contributed by atoms with Crippen LogP contribution in [0.3, 0.4) is 0 Å². The van der Waals surface area contributed by atoms with E-state index in [1.807, 2.05) is 54.2 Å². The van der Waals surface area contributed by atoms with Crippen LogP contribution in [0.25, 0.3) is 0 Å². The van der Waals surface area contributed by atoms with E-state index < -0.39 is 0 Å². The summed E-state index contributed by atoms with van der Waals surface area (Å²) in [6.07, 6.45) is 2.44. The third-order valence-corrected chi connectivity index (χ3v) is 5.65. The minimum absolute atomic E-state index is 0.0239. The van der Waals surface area contributed by atoms with E-state index in [-0.39, 0.29) is 5.91 Å². The number of thioether (sulfide) groups is 2. The second kappa shape index (κ2) is 10.0. The van der Waals surface area contributed by atoms with Gasteiger partial charge in [0.15, 0.2) is 5.16 Å². The highest BCUT2D eigenvalue weighted by molar-refractivity contribution is 7.99. The van der Waals surface area contributed by atoms with E-state index in [1.54, 1.807) is 11.8 Å². The third kappa shape index (κ3) is 5.93. The van der Waals surface area contributed by atoms with Crippen LogP contribution in [0.2, 0.25) is 0 Å². The van der Waals surface area contributed by atoms with Crippen LogP contribution in [0.5, 0.6) is 0 Å². The average Bonchev–Trinajstić information content (AvgIpc) is 3.21. The van der Waals surface area contributed by atoms with Crippen molar-refractivity contribution in [1.29, 1.82) is 0 Å². The summed E-state index contributed by atoms with van der Waals surface area (Å²) in [5.74, 6) is 1.75. The number of nitrogens with one attached hydrogen (secondary N) is 2. The molecule has 26 heavy (non-hydrogen) atoms. The van der Waals surface area contributed by atoms with Crippen molar-refractivity contribution in [2.75, 3.05) is 12.3 Å². The zero-order valence-corrected chi connectivity index (χ0v) is 15.9. The van der Waals surface area contributed by atoms with Crippen LogP contribution in [0.1, 0.15) is 22.3 Å². The molecule has 0 saturated heterocycles. The van der Waals surface area contributed by atoms with E-state index in [9.17, 15) is 4.79 Å². The highest BCUT2D eigenvalue weighted by atomic mass is 32.2. The number of nitrogens with zero attached hydrogens (tertiary/aromatic N) is 2. The highest BCUT2D eigenvalue weighted by Crippen LogP contribution is 2.19. The van der Waals surface area contributed by atoms with Gasteiger partial charge in [0.05, 0.1) is 0 Å². The molecule has 2 aromatic carbocycles. The van der Waals surface area contributed by atoms with Crippen LogP contribution < -0.4 is 5.32 Å². The Balaban J connectivity index is 1.36. The van der Waals surface area contributed by atoms with Gasteiger partial charge in [-0.1, -0.05) is 42.1 Å². The van der Waals surface area contributed by atoms with Crippen molar-refractivity contribution in [3.63, 3.8) is 0 Å². The largest absolute Gasteiger partial charge is 0.352 e. The van der Waals surface area contributed by atoms with Crippen LogP contribution >= 0.6 is 23.5 Å². The first-order valence-corrected chi connectivity index (χ1v) is 10.3. The first-order valence-electron chi connectivity index (χ1n) is 8.34. The summed E-state index contributed by atoms with van der Waals surface area (Å²) in [6.45, 7) is 0.682. The number of aromatic nitrogens is 3. The van der Waals surface area contributed by atoms with Crippen LogP contribution in [0, 0.1) is 0 Å². The van der Waals surface area contributed by atoms with E-state index in [4.69, 9.17) is 0 Å². The minimum atomic E-state index is -0.0239. The van der Waals surface area contributed by atoms with Gasteiger partial charge in [0.1, 0.15) is 6.33 Å². The van der Waals surface area contributed by atoms with Crippen molar-refractivity contribution < 1.29 is 4.79 Å². The van der Waals surface area contributed by atoms with Crippen molar-refractivity contribution >= 4 is 29.4 Å². The molecule has 134 valence electrons. The molecule has 0 aliphatic carbocycles. The van der Waals surface area contributed by atoms with Gasteiger partial charge < -0.3 is 5.32 Å².